The number of hydrogen-bond donors (Lipinski definition) is 1. The molecule has 1 spiro atoms. The summed E-state index contributed by atoms with van der Waals surface area (Å²) in [5.41, 5.74) is 2.58. The molecule has 1 aromatic rings. The Balaban J connectivity index is 2.01. The van der Waals surface area contributed by atoms with Crippen molar-refractivity contribution in [3.63, 3.8) is 0 Å². The van der Waals surface area contributed by atoms with Crippen LogP contribution in [0.1, 0.15) is 37.8 Å². The van der Waals surface area contributed by atoms with Crippen LogP contribution >= 0.6 is 0 Å². The molecule has 0 radical (unpaired) electrons. The third-order valence-electron chi connectivity index (χ3n) is 4.25. The number of urea groups is 1. The lowest BCUT2D eigenvalue weighted by molar-refractivity contribution is 0.204. The van der Waals surface area contributed by atoms with E-state index < -0.39 is 0 Å². The Morgan fingerprint density at radius 2 is 2.11 bits per heavy atom. The number of carbonyl (C=O) groups is 1. The fraction of sp³-hybridized carbons (Fsp3) is 0.533. The largest absolute Gasteiger partial charge is 0.327 e. The van der Waals surface area contributed by atoms with Gasteiger partial charge in [-0.1, -0.05) is 24.3 Å². The molecule has 96 valence electrons. The Hall–Kier alpha value is -1.51. The quantitative estimate of drug-likeness (QED) is 0.809. The third-order valence-corrected chi connectivity index (χ3v) is 4.25. The molecule has 2 aliphatic rings. The van der Waals surface area contributed by atoms with Gasteiger partial charge in [-0.05, 0) is 44.2 Å². The van der Waals surface area contributed by atoms with Gasteiger partial charge in [0, 0.05) is 6.04 Å². The van der Waals surface area contributed by atoms with E-state index >= 15 is 0 Å². The highest BCUT2D eigenvalue weighted by Gasteiger charge is 2.46. The predicted octanol–water partition coefficient (Wildman–Crippen LogP) is 2.65. The lowest BCUT2D eigenvalue weighted by Crippen LogP contribution is -2.43. The lowest BCUT2D eigenvalue weighted by atomic mass is 9.77. The molecule has 0 saturated carbocycles. The van der Waals surface area contributed by atoms with Crippen molar-refractivity contribution in [2.75, 3.05) is 6.54 Å². The first-order chi connectivity index (χ1) is 8.62. The van der Waals surface area contributed by atoms with E-state index in [2.05, 4.69) is 43.4 Å². The minimum atomic E-state index is -0.143. The molecule has 1 heterocycles. The molecule has 1 aliphatic heterocycles. The zero-order chi connectivity index (χ0) is 12.8. The first kappa shape index (κ1) is 11.6. The number of carbonyl (C=O) groups excluding carboxylic acids is 1. The summed E-state index contributed by atoms with van der Waals surface area (Å²) in [4.78, 5) is 14.1. The van der Waals surface area contributed by atoms with Crippen LogP contribution in [0, 0.1) is 0 Å². The molecule has 18 heavy (non-hydrogen) atoms. The molecule has 1 fully saturated rings. The van der Waals surface area contributed by atoms with Gasteiger partial charge in [-0.15, -0.1) is 0 Å². The van der Waals surface area contributed by atoms with Crippen LogP contribution in [0.4, 0.5) is 4.79 Å². The van der Waals surface area contributed by atoms with Gasteiger partial charge in [0.25, 0.3) is 0 Å². The van der Waals surface area contributed by atoms with Gasteiger partial charge >= 0.3 is 6.03 Å². The van der Waals surface area contributed by atoms with Crippen LogP contribution in [0.15, 0.2) is 24.3 Å². The summed E-state index contributed by atoms with van der Waals surface area (Å²) >= 11 is 0. The summed E-state index contributed by atoms with van der Waals surface area (Å²) in [6.07, 6.45) is 3.34. The highest BCUT2D eigenvalue weighted by Crippen LogP contribution is 2.39. The van der Waals surface area contributed by atoms with E-state index in [9.17, 15) is 4.79 Å². The minimum absolute atomic E-state index is 0.0849. The Labute approximate surface area is 108 Å². The number of rotatable bonds is 1. The summed E-state index contributed by atoms with van der Waals surface area (Å²) in [6, 6.07) is 8.89. The zero-order valence-electron chi connectivity index (χ0n) is 11.1. The van der Waals surface area contributed by atoms with Gasteiger partial charge in [-0.2, -0.15) is 0 Å². The molecule has 1 aliphatic carbocycles. The molecule has 3 heteroatoms. The average molecular weight is 244 g/mol. The SMILES string of the molecule is CC(C)N1CC2(CCCc3ccccc32)NC1=O. The Morgan fingerprint density at radius 3 is 2.83 bits per heavy atom. The van der Waals surface area contributed by atoms with Crippen LogP contribution in [0.2, 0.25) is 0 Å². The molecule has 1 N–H and O–H groups in total. The molecular formula is C15H20N2O. The predicted molar refractivity (Wildman–Crippen MR) is 71.4 cm³/mol. The topological polar surface area (TPSA) is 32.3 Å². The van der Waals surface area contributed by atoms with E-state index in [-0.39, 0.29) is 17.6 Å². The molecule has 1 unspecified atom stereocenters. The maximum absolute atomic E-state index is 12.1. The Kier molecular flexibility index (Phi) is 2.58. The number of amides is 2. The average Bonchev–Trinajstić information content (AvgIpc) is 2.68. The van der Waals surface area contributed by atoms with E-state index in [1.54, 1.807) is 0 Å². The van der Waals surface area contributed by atoms with Gasteiger partial charge in [-0.25, -0.2) is 4.79 Å². The van der Waals surface area contributed by atoms with Crippen LogP contribution in [-0.2, 0) is 12.0 Å². The molecule has 1 saturated heterocycles. The standard InChI is InChI=1S/C15H20N2O/c1-11(2)17-10-15(16-14(17)18)9-5-7-12-6-3-4-8-13(12)15/h3-4,6,8,11H,5,7,9-10H2,1-2H3,(H,16,18). The number of hydrogen-bond acceptors (Lipinski definition) is 1. The first-order valence-electron chi connectivity index (χ1n) is 6.79. The summed E-state index contributed by atoms with van der Waals surface area (Å²) in [5.74, 6) is 0. The van der Waals surface area contributed by atoms with Gasteiger partial charge in [0.05, 0.1) is 12.1 Å². The Bertz CT molecular complexity index is 483. The first-order valence-corrected chi connectivity index (χ1v) is 6.79. The van der Waals surface area contributed by atoms with Crippen molar-refractivity contribution in [2.24, 2.45) is 0 Å². The van der Waals surface area contributed by atoms with Crippen molar-refractivity contribution in [1.82, 2.24) is 10.2 Å². The van der Waals surface area contributed by atoms with E-state index in [1.165, 1.54) is 11.1 Å². The van der Waals surface area contributed by atoms with Crippen molar-refractivity contribution in [2.45, 2.75) is 44.7 Å². The van der Waals surface area contributed by atoms with Crippen LogP contribution in [0.25, 0.3) is 0 Å². The van der Waals surface area contributed by atoms with E-state index in [4.69, 9.17) is 0 Å². The number of nitrogens with one attached hydrogen (secondary N) is 1. The normalized spacial score (nSPS) is 26.6. The molecule has 3 rings (SSSR count). The molecule has 0 aromatic heterocycles. The highest BCUT2D eigenvalue weighted by molar-refractivity contribution is 5.79. The maximum Gasteiger partial charge on any atom is 0.318 e. The maximum atomic E-state index is 12.1. The monoisotopic (exact) mass is 244 g/mol. The van der Waals surface area contributed by atoms with Gasteiger partial charge < -0.3 is 10.2 Å². The van der Waals surface area contributed by atoms with Crippen LogP contribution < -0.4 is 5.32 Å². The summed E-state index contributed by atoms with van der Waals surface area (Å²) in [7, 11) is 0. The fourth-order valence-electron chi connectivity index (χ4n) is 3.31. The molecule has 0 bridgehead atoms. The van der Waals surface area contributed by atoms with Crippen molar-refractivity contribution < 1.29 is 4.79 Å². The Morgan fingerprint density at radius 1 is 1.33 bits per heavy atom. The number of nitrogens with zero attached hydrogens (tertiary/aromatic N) is 1. The van der Waals surface area contributed by atoms with Crippen LogP contribution in [0.5, 0.6) is 0 Å². The molecule has 2 amide bonds. The molecule has 1 atom stereocenters. The zero-order valence-corrected chi connectivity index (χ0v) is 11.1. The van der Waals surface area contributed by atoms with Crippen molar-refractivity contribution in [1.29, 1.82) is 0 Å². The minimum Gasteiger partial charge on any atom is -0.327 e. The second-order valence-corrected chi connectivity index (χ2v) is 5.74. The van der Waals surface area contributed by atoms with Crippen LogP contribution in [0.3, 0.4) is 0 Å². The van der Waals surface area contributed by atoms with Crippen molar-refractivity contribution in [3.8, 4) is 0 Å². The number of benzene rings is 1. The summed E-state index contributed by atoms with van der Waals surface area (Å²) < 4.78 is 0. The van der Waals surface area contributed by atoms with E-state index in [1.807, 2.05) is 4.90 Å². The molecule has 3 nitrogen and oxygen atoms in total. The second-order valence-electron chi connectivity index (χ2n) is 5.74. The second kappa shape index (κ2) is 4.01. The molecule has 1 aromatic carbocycles. The lowest BCUT2D eigenvalue weighted by Gasteiger charge is -2.35. The van der Waals surface area contributed by atoms with Crippen LogP contribution in [-0.4, -0.2) is 23.5 Å². The van der Waals surface area contributed by atoms with Crippen molar-refractivity contribution >= 4 is 6.03 Å². The fourth-order valence-corrected chi connectivity index (χ4v) is 3.31. The van der Waals surface area contributed by atoms with Gasteiger partial charge in [0.15, 0.2) is 0 Å². The smallest absolute Gasteiger partial charge is 0.318 e. The summed E-state index contributed by atoms with van der Waals surface area (Å²) in [5, 5.41) is 3.24. The van der Waals surface area contributed by atoms with Crippen molar-refractivity contribution in [3.05, 3.63) is 35.4 Å². The number of fused-ring (bicyclic) bond motifs is 2. The molecular weight excluding hydrogens is 224 g/mol. The number of aryl methyl sites for hydroxylation is 1. The summed E-state index contributed by atoms with van der Waals surface area (Å²) in [6.45, 7) is 4.96. The van der Waals surface area contributed by atoms with Gasteiger partial charge in [0.1, 0.15) is 0 Å². The highest BCUT2D eigenvalue weighted by atomic mass is 16.2. The van der Waals surface area contributed by atoms with Gasteiger partial charge in [0.2, 0.25) is 0 Å². The van der Waals surface area contributed by atoms with Gasteiger partial charge in [-0.3, -0.25) is 0 Å². The van der Waals surface area contributed by atoms with E-state index in [0.717, 1.165) is 25.8 Å². The third kappa shape index (κ3) is 1.61. The van der Waals surface area contributed by atoms with E-state index in [0.29, 0.717) is 0 Å².